The molecule has 1 saturated heterocycles. The summed E-state index contributed by atoms with van der Waals surface area (Å²) in [4.78, 5) is 4.20. The summed E-state index contributed by atoms with van der Waals surface area (Å²) in [5, 5.41) is 9.51. The second-order valence-electron chi connectivity index (χ2n) is 5.61. The molecule has 0 aromatic heterocycles. The van der Waals surface area contributed by atoms with Crippen molar-refractivity contribution in [3.05, 3.63) is 30.1 Å². The predicted molar refractivity (Wildman–Crippen MR) is 71.3 cm³/mol. The molecule has 0 aliphatic carbocycles. The van der Waals surface area contributed by atoms with E-state index in [9.17, 15) is 9.50 Å². The number of nitrogens with zero attached hydrogens (tertiary/aromatic N) is 2. The Balaban J connectivity index is 2.33. The van der Waals surface area contributed by atoms with Crippen molar-refractivity contribution in [2.45, 2.75) is 25.4 Å². The molecule has 0 amide bonds. The van der Waals surface area contributed by atoms with Gasteiger partial charge in [0, 0.05) is 18.6 Å². The molecule has 1 unspecified atom stereocenters. The van der Waals surface area contributed by atoms with Gasteiger partial charge in [-0.2, -0.15) is 0 Å². The Morgan fingerprint density at radius 1 is 1.39 bits per heavy atom. The Labute approximate surface area is 108 Å². The topological polar surface area (TPSA) is 26.7 Å². The fraction of sp³-hybridized carbons (Fsp3) is 0.571. The van der Waals surface area contributed by atoms with E-state index >= 15 is 0 Å². The summed E-state index contributed by atoms with van der Waals surface area (Å²) in [6.07, 6.45) is 0. The summed E-state index contributed by atoms with van der Waals surface area (Å²) < 4.78 is 13.9. The molecule has 1 atom stereocenters. The summed E-state index contributed by atoms with van der Waals surface area (Å²) >= 11 is 0. The van der Waals surface area contributed by atoms with Crippen molar-refractivity contribution in [1.82, 2.24) is 4.90 Å². The van der Waals surface area contributed by atoms with Crippen LogP contribution in [0.25, 0.3) is 0 Å². The molecule has 1 aromatic rings. The van der Waals surface area contributed by atoms with Crippen molar-refractivity contribution in [3.63, 3.8) is 0 Å². The van der Waals surface area contributed by atoms with Crippen LogP contribution in [-0.4, -0.2) is 48.3 Å². The minimum atomic E-state index is -0.226. The first-order chi connectivity index (χ1) is 8.45. The molecule has 18 heavy (non-hydrogen) atoms. The highest BCUT2D eigenvalue weighted by Gasteiger charge is 2.37. The predicted octanol–water partition coefficient (Wildman–Crippen LogP) is 1.72. The van der Waals surface area contributed by atoms with Gasteiger partial charge in [0.1, 0.15) is 5.82 Å². The standard InChI is InChI=1S/C14H21FN2O/c1-14(2)10-17(11(9-18)8-16(14)3)13-7-5-4-6-12(13)15/h4-7,11,18H,8-10H2,1-3H3. The largest absolute Gasteiger partial charge is 0.394 e. The number of rotatable bonds is 2. The Morgan fingerprint density at radius 3 is 2.67 bits per heavy atom. The van der Waals surface area contributed by atoms with Gasteiger partial charge in [0.15, 0.2) is 0 Å². The number of aliphatic hydroxyl groups excluding tert-OH is 1. The van der Waals surface area contributed by atoms with Gasteiger partial charge in [0.05, 0.1) is 18.3 Å². The van der Waals surface area contributed by atoms with E-state index in [1.807, 2.05) is 18.0 Å². The maximum atomic E-state index is 13.9. The normalized spacial score (nSPS) is 24.3. The average Bonchev–Trinajstić information content (AvgIpc) is 2.33. The summed E-state index contributed by atoms with van der Waals surface area (Å²) in [7, 11) is 2.04. The van der Waals surface area contributed by atoms with E-state index in [-0.39, 0.29) is 24.0 Å². The molecule has 1 aliphatic heterocycles. The maximum Gasteiger partial charge on any atom is 0.146 e. The van der Waals surface area contributed by atoms with Crippen LogP contribution in [0.2, 0.25) is 0 Å². The third-order valence-corrected chi connectivity index (χ3v) is 3.89. The van der Waals surface area contributed by atoms with Crippen molar-refractivity contribution in [2.75, 3.05) is 31.6 Å². The molecule has 1 aromatic carbocycles. The van der Waals surface area contributed by atoms with Gasteiger partial charge < -0.3 is 10.0 Å². The van der Waals surface area contributed by atoms with Gasteiger partial charge in [-0.25, -0.2) is 4.39 Å². The summed E-state index contributed by atoms with van der Waals surface area (Å²) in [6, 6.07) is 6.71. The summed E-state index contributed by atoms with van der Waals surface area (Å²) in [5.41, 5.74) is 0.547. The van der Waals surface area contributed by atoms with Crippen LogP contribution in [0.15, 0.2) is 24.3 Å². The highest BCUT2D eigenvalue weighted by Crippen LogP contribution is 2.29. The van der Waals surface area contributed by atoms with Crippen LogP contribution in [0.4, 0.5) is 10.1 Å². The first-order valence-electron chi connectivity index (χ1n) is 6.29. The van der Waals surface area contributed by atoms with Gasteiger partial charge in [-0.05, 0) is 33.0 Å². The SMILES string of the molecule is CN1CC(CO)N(c2ccccc2F)CC1(C)C. The number of benzene rings is 1. The highest BCUT2D eigenvalue weighted by atomic mass is 19.1. The van der Waals surface area contributed by atoms with Crippen molar-refractivity contribution in [3.8, 4) is 0 Å². The zero-order valence-electron chi connectivity index (χ0n) is 11.2. The molecule has 0 spiro atoms. The lowest BCUT2D eigenvalue weighted by atomic mass is 9.95. The van der Waals surface area contributed by atoms with Crippen molar-refractivity contribution in [1.29, 1.82) is 0 Å². The number of likely N-dealkylation sites (N-methyl/N-ethyl adjacent to an activating group) is 1. The van der Waals surface area contributed by atoms with Crippen LogP contribution < -0.4 is 4.90 Å². The minimum absolute atomic E-state index is 0.0338. The Hall–Kier alpha value is -1.13. The van der Waals surface area contributed by atoms with Gasteiger partial charge in [-0.1, -0.05) is 12.1 Å². The summed E-state index contributed by atoms with van der Waals surface area (Å²) in [6.45, 7) is 5.74. The number of hydrogen-bond donors (Lipinski definition) is 1. The molecule has 2 rings (SSSR count). The number of piperazine rings is 1. The smallest absolute Gasteiger partial charge is 0.146 e. The molecular formula is C14H21FN2O. The lowest BCUT2D eigenvalue weighted by Crippen LogP contribution is -2.63. The zero-order chi connectivity index (χ0) is 13.3. The van der Waals surface area contributed by atoms with E-state index in [1.165, 1.54) is 6.07 Å². The number of aliphatic hydroxyl groups is 1. The fourth-order valence-corrected chi connectivity index (χ4v) is 2.45. The average molecular weight is 252 g/mol. The molecule has 100 valence electrons. The minimum Gasteiger partial charge on any atom is -0.394 e. The summed E-state index contributed by atoms with van der Waals surface area (Å²) in [5.74, 6) is -0.226. The molecule has 1 heterocycles. The molecule has 3 nitrogen and oxygen atoms in total. The number of anilines is 1. The Bertz CT molecular complexity index is 422. The van der Waals surface area contributed by atoms with E-state index in [0.29, 0.717) is 12.2 Å². The molecule has 0 bridgehead atoms. The Kier molecular flexibility index (Phi) is 3.59. The van der Waals surface area contributed by atoms with Crippen LogP contribution in [-0.2, 0) is 0 Å². The second kappa shape index (κ2) is 4.86. The molecule has 1 N–H and O–H groups in total. The maximum absolute atomic E-state index is 13.9. The van der Waals surface area contributed by atoms with Gasteiger partial charge in [-0.15, -0.1) is 0 Å². The van der Waals surface area contributed by atoms with Gasteiger partial charge in [0.25, 0.3) is 0 Å². The molecule has 1 fully saturated rings. The third-order valence-electron chi connectivity index (χ3n) is 3.89. The van der Waals surface area contributed by atoms with Crippen molar-refractivity contribution in [2.24, 2.45) is 0 Å². The number of halogens is 1. The first kappa shape index (κ1) is 13.3. The van der Waals surface area contributed by atoms with Crippen LogP contribution in [0.5, 0.6) is 0 Å². The van der Waals surface area contributed by atoms with E-state index in [1.54, 1.807) is 12.1 Å². The van der Waals surface area contributed by atoms with Gasteiger partial charge >= 0.3 is 0 Å². The molecule has 4 heteroatoms. The van der Waals surface area contributed by atoms with E-state index in [2.05, 4.69) is 18.7 Å². The van der Waals surface area contributed by atoms with Gasteiger partial charge in [0.2, 0.25) is 0 Å². The van der Waals surface area contributed by atoms with Crippen LogP contribution >= 0.6 is 0 Å². The zero-order valence-corrected chi connectivity index (χ0v) is 11.2. The lowest BCUT2D eigenvalue weighted by Gasteiger charge is -2.50. The van der Waals surface area contributed by atoms with E-state index in [4.69, 9.17) is 0 Å². The monoisotopic (exact) mass is 252 g/mol. The fourth-order valence-electron chi connectivity index (χ4n) is 2.45. The first-order valence-corrected chi connectivity index (χ1v) is 6.29. The lowest BCUT2D eigenvalue weighted by molar-refractivity contribution is 0.0928. The van der Waals surface area contributed by atoms with Crippen LogP contribution in [0, 0.1) is 5.82 Å². The quantitative estimate of drug-likeness (QED) is 0.868. The molecule has 0 saturated carbocycles. The highest BCUT2D eigenvalue weighted by molar-refractivity contribution is 5.50. The Morgan fingerprint density at radius 2 is 2.06 bits per heavy atom. The molecular weight excluding hydrogens is 231 g/mol. The van der Waals surface area contributed by atoms with Crippen LogP contribution in [0.1, 0.15) is 13.8 Å². The third kappa shape index (κ3) is 2.35. The van der Waals surface area contributed by atoms with Gasteiger partial charge in [-0.3, -0.25) is 4.90 Å². The molecule has 0 radical (unpaired) electrons. The molecule has 1 aliphatic rings. The number of hydrogen-bond acceptors (Lipinski definition) is 3. The van der Waals surface area contributed by atoms with Crippen molar-refractivity contribution >= 4 is 5.69 Å². The van der Waals surface area contributed by atoms with Crippen molar-refractivity contribution < 1.29 is 9.50 Å². The van der Waals surface area contributed by atoms with E-state index < -0.39 is 0 Å². The van der Waals surface area contributed by atoms with E-state index in [0.717, 1.165) is 6.54 Å². The number of para-hydroxylation sites is 1. The second-order valence-corrected chi connectivity index (χ2v) is 5.61. The van der Waals surface area contributed by atoms with Crippen LogP contribution in [0.3, 0.4) is 0 Å².